The molecule has 10 rings (SSSR count). The molecule has 2 saturated heterocycles. The number of carboxylic acids is 1. The maximum absolute atomic E-state index is 12.8. The molecule has 66 heavy (non-hydrogen) atoms. The second-order valence-electron chi connectivity index (χ2n) is 16.5. The van der Waals surface area contributed by atoms with Crippen LogP contribution in [0.15, 0.2) is 119 Å². The predicted octanol–water partition coefficient (Wildman–Crippen LogP) is 7.63. The van der Waals surface area contributed by atoms with E-state index in [1.165, 1.54) is 12.5 Å². The average Bonchev–Trinajstić information content (AvgIpc) is 4.02. The molecule has 0 saturated carbocycles. The second-order valence-corrected chi connectivity index (χ2v) is 16.5. The molecule has 4 aromatic heterocycles. The monoisotopic (exact) mass is 892 g/mol. The Morgan fingerprint density at radius 1 is 0.606 bits per heavy atom. The van der Waals surface area contributed by atoms with Crippen molar-refractivity contribution in [2.75, 3.05) is 72.2 Å². The summed E-state index contributed by atoms with van der Waals surface area (Å²) in [5.74, 6) is -1.59. The van der Waals surface area contributed by atoms with Gasteiger partial charge in [0, 0.05) is 121 Å². The van der Waals surface area contributed by atoms with Crippen molar-refractivity contribution in [1.29, 1.82) is 0 Å². The molecule has 0 aliphatic carbocycles. The summed E-state index contributed by atoms with van der Waals surface area (Å²) in [6.07, 6.45) is 9.55. The van der Waals surface area contributed by atoms with Crippen molar-refractivity contribution in [2.24, 2.45) is 0 Å². The number of carbonyl (C=O) groups is 2. The highest BCUT2D eigenvalue weighted by Crippen LogP contribution is 2.48. The first kappa shape index (κ1) is 44.3. The summed E-state index contributed by atoms with van der Waals surface area (Å²) < 4.78 is 16.6. The van der Waals surface area contributed by atoms with Crippen LogP contribution in [0.2, 0.25) is 0 Å². The molecule has 2 atom stereocenters. The van der Waals surface area contributed by atoms with Crippen LogP contribution >= 0.6 is 0 Å². The van der Waals surface area contributed by atoms with Crippen LogP contribution in [0.5, 0.6) is 11.5 Å². The average molecular weight is 893 g/mol. The van der Waals surface area contributed by atoms with E-state index < -0.39 is 18.7 Å². The quantitative estimate of drug-likeness (QED) is 0.0732. The molecule has 0 radical (unpaired) electrons. The molecule has 2 fully saturated rings. The summed E-state index contributed by atoms with van der Waals surface area (Å²) in [5.41, 5.74) is 4.28. The smallest absolute Gasteiger partial charge is 0.344 e. The van der Waals surface area contributed by atoms with Gasteiger partial charge in [-0.05, 0) is 48.5 Å². The van der Waals surface area contributed by atoms with Gasteiger partial charge >= 0.3 is 11.9 Å². The molecule has 6 heterocycles. The van der Waals surface area contributed by atoms with Crippen LogP contribution in [-0.2, 0) is 4.74 Å². The van der Waals surface area contributed by atoms with Gasteiger partial charge in [-0.2, -0.15) is 0 Å². The van der Waals surface area contributed by atoms with Crippen LogP contribution in [0.1, 0.15) is 68.9 Å². The Hall–Kier alpha value is -6.88. The number of rotatable bonds is 11. The number of furan rings is 2. The number of aromatic nitrogens is 2. The van der Waals surface area contributed by atoms with Crippen LogP contribution in [0, 0.1) is 0 Å². The predicted molar refractivity (Wildman–Crippen MR) is 250 cm³/mol. The molecule has 15 heteroatoms. The van der Waals surface area contributed by atoms with E-state index in [2.05, 4.69) is 43.4 Å². The van der Waals surface area contributed by atoms with E-state index in [9.17, 15) is 30.0 Å². The fraction of sp³-hybridized carbons (Fsp3) is 0.294. The first-order valence-electron chi connectivity index (χ1n) is 22.3. The molecule has 340 valence electrons. The van der Waals surface area contributed by atoms with E-state index >= 15 is 0 Å². The SMILES string of the molecule is CCN1CCN(C(c2ccncc2)c2c(O)c3ccccc3c3occ(C(=O)O)c23)CC1.CCN1CCN(C(c2ccncc2)c2c(O)c3ccccc3c3occ(C(=O)OCO)c23)CC1. The number of aromatic hydroxyl groups is 2. The lowest BCUT2D eigenvalue weighted by molar-refractivity contribution is 0.00691. The van der Waals surface area contributed by atoms with Gasteiger partial charge in [-0.15, -0.1) is 0 Å². The molecular weight excluding hydrogens is 841 g/mol. The molecule has 0 bridgehead atoms. The van der Waals surface area contributed by atoms with Crippen LogP contribution in [0.4, 0.5) is 0 Å². The van der Waals surface area contributed by atoms with Crippen LogP contribution in [0.25, 0.3) is 43.5 Å². The zero-order chi connectivity index (χ0) is 45.9. The van der Waals surface area contributed by atoms with Gasteiger partial charge < -0.3 is 43.8 Å². The summed E-state index contributed by atoms with van der Waals surface area (Å²) in [7, 11) is 0. The Morgan fingerprint density at radius 3 is 1.39 bits per heavy atom. The number of piperazine rings is 2. The van der Waals surface area contributed by atoms with Gasteiger partial charge in [0.15, 0.2) is 6.79 Å². The topological polar surface area (TPSA) is 189 Å². The number of benzene rings is 4. The van der Waals surface area contributed by atoms with Crippen LogP contribution in [0.3, 0.4) is 0 Å². The number of phenols is 2. The molecule has 4 aromatic carbocycles. The van der Waals surface area contributed by atoms with Gasteiger partial charge in [0.1, 0.15) is 46.3 Å². The van der Waals surface area contributed by atoms with Gasteiger partial charge in [0.05, 0.1) is 12.1 Å². The summed E-state index contributed by atoms with van der Waals surface area (Å²) in [5, 5.41) is 46.0. The number of likely N-dealkylation sites (N-methyl/N-ethyl adjacent to an activating group) is 2. The molecule has 0 amide bonds. The molecule has 2 aliphatic rings. The van der Waals surface area contributed by atoms with Crippen molar-refractivity contribution in [3.05, 3.63) is 143 Å². The number of hydrogen-bond donors (Lipinski definition) is 4. The molecular formula is C51H52N6O9. The molecule has 4 N–H and O–H groups in total. The molecule has 0 spiro atoms. The number of aliphatic hydroxyl groups excluding tert-OH is 1. The van der Waals surface area contributed by atoms with E-state index in [-0.39, 0.29) is 34.7 Å². The summed E-state index contributed by atoms with van der Waals surface area (Å²) in [6, 6.07) is 21.9. The van der Waals surface area contributed by atoms with Crippen molar-refractivity contribution in [3.63, 3.8) is 0 Å². The summed E-state index contributed by atoms with van der Waals surface area (Å²) in [6.45, 7) is 12.4. The Bertz CT molecular complexity index is 3000. The van der Waals surface area contributed by atoms with E-state index in [0.717, 1.165) is 76.6 Å². The van der Waals surface area contributed by atoms with Gasteiger partial charge in [-0.1, -0.05) is 62.4 Å². The van der Waals surface area contributed by atoms with Crippen molar-refractivity contribution >= 4 is 55.4 Å². The normalized spacial score (nSPS) is 16.3. The lowest BCUT2D eigenvalue weighted by Gasteiger charge is -2.39. The Morgan fingerprint density at radius 2 is 1.00 bits per heavy atom. The minimum absolute atomic E-state index is 0.0577. The van der Waals surface area contributed by atoms with Crippen molar-refractivity contribution in [1.82, 2.24) is 29.6 Å². The van der Waals surface area contributed by atoms with E-state index in [1.807, 2.05) is 72.8 Å². The maximum Gasteiger partial charge on any atom is 0.344 e. The molecule has 8 aromatic rings. The summed E-state index contributed by atoms with van der Waals surface area (Å²) in [4.78, 5) is 42.6. The second kappa shape index (κ2) is 19.3. The van der Waals surface area contributed by atoms with Crippen molar-refractivity contribution < 1.29 is 43.6 Å². The lowest BCUT2D eigenvalue weighted by atomic mass is 9.89. The minimum atomic E-state index is -1.08. The third kappa shape index (κ3) is 8.20. The van der Waals surface area contributed by atoms with Gasteiger partial charge in [0.2, 0.25) is 0 Å². The third-order valence-corrected chi connectivity index (χ3v) is 13.2. The largest absolute Gasteiger partial charge is 0.507 e. The fourth-order valence-electron chi connectivity index (χ4n) is 9.81. The number of pyridine rings is 2. The number of ether oxygens (including phenoxy) is 1. The number of nitrogens with zero attached hydrogens (tertiary/aromatic N) is 6. The standard InChI is InChI=1S/C26H27N3O5.C25H25N3O4/c1-2-28-11-13-29(14-12-28)23(17-7-9-27-10-8-17)22-21-20(26(32)34-16-30)15-33-25(21)19-6-4-3-5-18(19)24(22)31;1-2-27-11-13-28(14-12-27)22(16-7-9-26-10-8-16)21-20-19(25(30)31)15-32-24(20)18-6-4-3-5-17(18)23(21)29/h3-10,15,23,30-31H,2,11-14,16H2,1H3;3-10,15,22,29H,2,11-14H2,1H3,(H,30,31). The number of carbonyl (C=O) groups excluding carboxylic acids is 1. The van der Waals surface area contributed by atoms with Crippen LogP contribution < -0.4 is 0 Å². The molecule has 15 nitrogen and oxygen atoms in total. The highest BCUT2D eigenvalue weighted by Gasteiger charge is 2.35. The number of carboxylic acid groups (broad SMARTS) is 1. The van der Waals surface area contributed by atoms with Gasteiger partial charge in [0.25, 0.3) is 0 Å². The zero-order valence-corrected chi connectivity index (χ0v) is 36.8. The number of aliphatic hydroxyl groups is 1. The van der Waals surface area contributed by atoms with Crippen molar-refractivity contribution in [3.8, 4) is 11.5 Å². The highest BCUT2D eigenvalue weighted by molar-refractivity contribution is 6.17. The zero-order valence-electron chi connectivity index (χ0n) is 36.8. The minimum Gasteiger partial charge on any atom is -0.507 e. The van der Waals surface area contributed by atoms with Crippen LogP contribution in [-0.4, -0.2) is 134 Å². The van der Waals surface area contributed by atoms with Gasteiger partial charge in [-0.25, -0.2) is 9.59 Å². The number of phenolic OH excluding ortho intramolecular Hbond substituents is 2. The number of aromatic carboxylic acids is 1. The van der Waals surface area contributed by atoms with E-state index in [4.69, 9.17) is 13.6 Å². The van der Waals surface area contributed by atoms with E-state index in [1.54, 1.807) is 24.8 Å². The summed E-state index contributed by atoms with van der Waals surface area (Å²) >= 11 is 0. The Labute approximate surface area is 380 Å². The first-order valence-corrected chi connectivity index (χ1v) is 22.3. The van der Waals surface area contributed by atoms with Crippen molar-refractivity contribution in [2.45, 2.75) is 25.9 Å². The highest BCUT2D eigenvalue weighted by atomic mass is 16.6. The van der Waals surface area contributed by atoms with E-state index in [0.29, 0.717) is 54.6 Å². The fourth-order valence-corrected chi connectivity index (χ4v) is 9.81. The Balaban J connectivity index is 0.000000166. The van der Waals surface area contributed by atoms with Gasteiger partial charge in [-0.3, -0.25) is 19.8 Å². The third-order valence-electron chi connectivity index (χ3n) is 13.2. The maximum atomic E-state index is 12.8. The Kier molecular flexibility index (Phi) is 13.0. The number of esters is 1. The number of fused-ring (bicyclic) bond motifs is 6. The molecule has 2 aliphatic heterocycles. The molecule has 2 unspecified atom stereocenters. The lowest BCUT2D eigenvalue weighted by Crippen LogP contribution is -2.47. The number of hydrogen-bond acceptors (Lipinski definition) is 14. The first-order chi connectivity index (χ1) is 32.2.